The van der Waals surface area contributed by atoms with Crippen molar-refractivity contribution >= 4 is 33.2 Å². The Morgan fingerprint density at radius 3 is 2.48 bits per heavy atom. The fourth-order valence-corrected chi connectivity index (χ4v) is 5.91. The summed E-state index contributed by atoms with van der Waals surface area (Å²) in [4.78, 5) is 13.0. The van der Waals surface area contributed by atoms with Crippen LogP contribution in [0.15, 0.2) is 41.3 Å². The number of nitrogens with zero attached hydrogens (tertiary/aromatic N) is 1. The van der Waals surface area contributed by atoms with Crippen molar-refractivity contribution in [2.24, 2.45) is 0 Å². The third-order valence-electron chi connectivity index (χ3n) is 5.68. The number of methoxy groups -OCH3 is 1. The Bertz CT molecular complexity index is 1050. The van der Waals surface area contributed by atoms with E-state index in [1.54, 1.807) is 0 Å². The molecular weight excluding hydrogens is 436 g/mol. The van der Waals surface area contributed by atoms with Gasteiger partial charge in [0.2, 0.25) is 15.9 Å². The minimum Gasteiger partial charge on any atom is -0.495 e. The molecule has 1 aliphatic carbocycles. The molecule has 1 aliphatic rings. The van der Waals surface area contributed by atoms with E-state index in [2.05, 4.69) is 5.32 Å². The van der Waals surface area contributed by atoms with Crippen molar-refractivity contribution < 1.29 is 17.9 Å². The normalized spacial score (nSPS) is 15.1. The standard InChI is InChI=1S/C23H29ClN2O4S/c1-16-9-10-17(2)21(13-16)25-23(27)15-26(18-7-5-4-6-8-18)31(28,29)19-11-12-22(30-3)20(24)14-19/h9-14,18H,4-8,15H2,1-3H3,(H,25,27). The third kappa shape index (κ3) is 5.59. The van der Waals surface area contributed by atoms with Gasteiger partial charge in [0.15, 0.2) is 0 Å². The van der Waals surface area contributed by atoms with Gasteiger partial charge in [-0.15, -0.1) is 0 Å². The zero-order valence-electron chi connectivity index (χ0n) is 18.2. The number of carbonyl (C=O) groups excluding carboxylic acids is 1. The molecule has 0 atom stereocenters. The number of ether oxygens (including phenoxy) is 1. The fourth-order valence-electron chi connectivity index (χ4n) is 3.92. The van der Waals surface area contributed by atoms with E-state index in [0.29, 0.717) is 11.4 Å². The largest absolute Gasteiger partial charge is 0.495 e. The van der Waals surface area contributed by atoms with E-state index in [4.69, 9.17) is 16.3 Å². The molecule has 0 unspecified atom stereocenters. The first-order valence-electron chi connectivity index (χ1n) is 10.4. The number of halogens is 1. The molecule has 31 heavy (non-hydrogen) atoms. The molecule has 6 nitrogen and oxygen atoms in total. The first-order chi connectivity index (χ1) is 14.7. The lowest BCUT2D eigenvalue weighted by atomic mass is 9.95. The summed E-state index contributed by atoms with van der Waals surface area (Å²) in [6, 6.07) is 9.95. The van der Waals surface area contributed by atoms with Crippen LogP contribution in [0.1, 0.15) is 43.2 Å². The number of rotatable bonds is 7. The maximum absolute atomic E-state index is 13.5. The van der Waals surface area contributed by atoms with Gasteiger partial charge in [-0.05, 0) is 62.1 Å². The smallest absolute Gasteiger partial charge is 0.243 e. The predicted molar refractivity (Wildman–Crippen MR) is 123 cm³/mol. The molecule has 0 saturated heterocycles. The highest BCUT2D eigenvalue weighted by Crippen LogP contribution is 2.32. The van der Waals surface area contributed by atoms with E-state index < -0.39 is 10.0 Å². The van der Waals surface area contributed by atoms with Gasteiger partial charge in [-0.1, -0.05) is 43.0 Å². The number of aryl methyl sites for hydroxylation is 2. The summed E-state index contributed by atoms with van der Waals surface area (Å²) < 4.78 is 33.6. The summed E-state index contributed by atoms with van der Waals surface area (Å²) >= 11 is 6.18. The quantitative estimate of drug-likeness (QED) is 0.630. The predicted octanol–water partition coefficient (Wildman–Crippen LogP) is 4.93. The highest BCUT2D eigenvalue weighted by molar-refractivity contribution is 7.89. The molecule has 2 aromatic rings. The van der Waals surface area contributed by atoms with Crippen molar-refractivity contribution in [3.8, 4) is 5.75 Å². The maximum atomic E-state index is 13.5. The summed E-state index contributed by atoms with van der Waals surface area (Å²) in [6.45, 7) is 3.61. The van der Waals surface area contributed by atoms with Gasteiger partial charge in [-0.2, -0.15) is 4.31 Å². The lowest BCUT2D eigenvalue weighted by Gasteiger charge is -2.33. The van der Waals surface area contributed by atoms with Crippen LogP contribution in [0.25, 0.3) is 0 Å². The molecule has 8 heteroatoms. The molecule has 1 saturated carbocycles. The maximum Gasteiger partial charge on any atom is 0.243 e. The molecule has 3 rings (SSSR count). The topological polar surface area (TPSA) is 75.7 Å². The van der Waals surface area contributed by atoms with Crippen molar-refractivity contribution in [2.75, 3.05) is 19.0 Å². The number of benzene rings is 2. The average molecular weight is 465 g/mol. The summed E-state index contributed by atoms with van der Waals surface area (Å²) in [6.07, 6.45) is 4.44. The van der Waals surface area contributed by atoms with Crippen LogP contribution in [-0.4, -0.2) is 38.3 Å². The van der Waals surface area contributed by atoms with Gasteiger partial charge in [0.05, 0.1) is 23.6 Å². The second kappa shape index (κ2) is 10.0. The van der Waals surface area contributed by atoms with Crippen molar-refractivity contribution in [2.45, 2.75) is 56.9 Å². The zero-order valence-corrected chi connectivity index (χ0v) is 19.7. The van der Waals surface area contributed by atoms with E-state index >= 15 is 0 Å². The molecule has 168 valence electrons. The Morgan fingerprint density at radius 1 is 1.13 bits per heavy atom. The zero-order chi connectivity index (χ0) is 22.6. The van der Waals surface area contributed by atoms with Gasteiger partial charge in [0, 0.05) is 11.7 Å². The lowest BCUT2D eigenvalue weighted by Crippen LogP contribution is -2.45. The molecule has 1 fully saturated rings. The molecule has 0 bridgehead atoms. The molecule has 0 radical (unpaired) electrons. The number of sulfonamides is 1. The Labute approximate surface area is 189 Å². The molecule has 0 aliphatic heterocycles. The minimum atomic E-state index is -3.92. The molecule has 0 spiro atoms. The highest BCUT2D eigenvalue weighted by Gasteiger charge is 2.34. The van der Waals surface area contributed by atoms with Gasteiger partial charge < -0.3 is 10.1 Å². The number of carbonyl (C=O) groups is 1. The fraction of sp³-hybridized carbons (Fsp3) is 0.435. The average Bonchev–Trinajstić information content (AvgIpc) is 2.75. The number of hydrogen-bond donors (Lipinski definition) is 1. The highest BCUT2D eigenvalue weighted by atomic mass is 35.5. The number of amides is 1. The van der Waals surface area contributed by atoms with Gasteiger partial charge in [0.1, 0.15) is 5.75 Å². The van der Waals surface area contributed by atoms with Crippen molar-refractivity contribution in [3.05, 3.63) is 52.5 Å². The Balaban J connectivity index is 1.89. The van der Waals surface area contributed by atoms with Crippen molar-refractivity contribution in [1.82, 2.24) is 4.31 Å². The molecule has 0 aromatic heterocycles. The molecule has 1 N–H and O–H groups in total. The number of hydrogen-bond acceptors (Lipinski definition) is 4. The van der Waals surface area contributed by atoms with Gasteiger partial charge >= 0.3 is 0 Å². The van der Waals surface area contributed by atoms with Crippen LogP contribution in [0.3, 0.4) is 0 Å². The van der Waals surface area contributed by atoms with Crippen LogP contribution in [0.5, 0.6) is 5.75 Å². The van der Waals surface area contributed by atoms with E-state index in [9.17, 15) is 13.2 Å². The summed E-state index contributed by atoms with van der Waals surface area (Å²) in [5, 5.41) is 3.10. The second-order valence-corrected chi connectivity index (χ2v) is 10.3. The monoisotopic (exact) mass is 464 g/mol. The third-order valence-corrected chi connectivity index (χ3v) is 7.87. The van der Waals surface area contributed by atoms with Crippen LogP contribution in [0, 0.1) is 13.8 Å². The van der Waals surface area contributed by atoms with Gasteiger partial charge in [-0.25, -0.2) is 8.42 Å². The first kappa shape index (κ1) is 23.6. The summed E-state index contributed by atoms with van der Waals surface area (Å²) in [7, 11) is -2.45. The van der Waals surface area contributed by atoms with Crippen LogP contribution in [0.4, 0.5) is 5.69 Å². The lowest BCUT2D eigenvalue weighted by molar-refractivity contribution is -0.116. The summed E-state index contributed by atoms with van der Waals surface area (Å²) in [5.74, 6) is 0.0416. The molecule has 2 aromatic carbocycles. The SMILES string of the molecule is COc1ccc(S(=O)(=O)N(CC(=O)Nc2cc(C)ccc2C)C2CCCCC2)cc1Cl. The van der Waals surface area contributed by atoms with Crippen LogP contribution in [0.2, 0.25) is 5.02 Å². The Kier molecular flexibility index (Phi) is 7.62. The van der Waals surface area contributed by atoms with Crippen molar-refractivity contribution in [3.63, 3.8) is 0 Å². The number of anilines is 1. The Morgan fingerprint density at radius 2 is 1.84 bits per heavy atom. The van der Waals surface area contributed by atoms with E-state index in [0.717, 1.165) is 43.2 Å². The number of nitrogens with one attached hydrogen (secondary N) is 1. The van der Waals surface area contributed by atoms with Gasteiger partial charge in [0.25, 0.3) is 0 Å². The molecule has 0 heterocycles. The van der Waals surface area contributed by atoms with E-state index in [1.165, 1.54) is 29.6 Å². The van der Waals surface area contributed by atoms with E-state index in [-0.39, 0.29) is 28.4 Å². The second-order valence-electron chi connectivity index (χ2n) is 8.01. The van der Waals surface area contributed by atoms with Crippen LogP contribution < -0.4 is 10.1 Å². The first-order valence-corrected chi connectivity index (χ1v) is 12.3. The Hall–Kier alpha value is -2.09. The van der Waals surface area contributed by atoms with Crippen LogP contribution in [-0.2, 0) is 14.8 Å². The molecular formula is C23H29ClN2O4S. The minimum absolute atomic E-state index is 0.0587. The van der Waals surface area contributed by atoms with Gasteiger partial charge in [-0.3, -0.25) is 4.79 Å². The van der Waals surface area contributed by atoms with Crippen LogP contribution >= 0.6 is 11.6 Å². The molecule has 1 amide bonds. The summed E-state index contributed by atoms with van der Waals surface area (Å²) in [5.41, 5.74) is 2.64. The van der Waals surface area contributed by atoms with Crippen molar-refractivity contribution in [1.29, 1.82) is 0 Å². The van der Waals surface area contributed by atoms with E-state index in [1.807, 2.05) is 32.0 Å².